The van der Waals surface area contributed by atoms with Crippen molar-refractivity contribution in [1.29, 1.82) is 0 Å². The summed E-state index contributed by atoms with van der Waals surface area (Å²) in [6, 6.07) is 4.66. The molecule has 6 heteroatoms. The lowest BCUT2D eigenvalue weighted by Gasteiger charge is -2.10. The van der Waals surface area contributed by atoms with Gasteiger partial charge in [-0.1, -0.05) is 25.4 Å². The van der Waals surface area contributed by atoms with Gasteiger partial charge in [-0.2, -0.15) is 0 Å². The molecule has 96 valence electrons. The summed E-state index contributed by atoms with van der Waals surface area (Å²) in [5.74, 6) is 0.453. The Morgan fingerprint density at radius 1 is 1.41 bits per heavy atom. The molecule has 0 saturated carbocycles. The van der Waals surface area contributed by atoms with Gasteiger partial charge in [0.05, 0.1) is 22.2 Å². The standard InChI is InChI=1S/C11H17ClN2O2S/c1-8(2)5-6-17(15,16)14-9-3-4-10(12)11(13)7-9/h3-4,7-8,14H,5-6,13H2,1-2H3. The molecular formula is C11H17ClN2O2S. The van der Waals surface area contributed by atoms with Gasteiger partial charge < -0.3 is 5.73 Å². The monoisotopic (exact) mass is 276 g/mol. The summed E-state index contributed by atoms with van der Waals surface area (Å²) in [6.07, 6.45) is 0.623. The highest BCUT2D eigenvalue weighted by Gasteiger charge is 2.11. The molecular weight excluding hydrogens is 260 g/mol. The van der Waals surface area contributed by atoms with Crippen LogP contribution < -0.4 is 10.5 Å². The number of nitrogens with two attached hydrogens (primary N) is 1. The highest BCUT2D eigenvalue weighted by atomic mass is 35.5. The van der Waals surface area contributed by atoms with Gasteiger partial charge >= 0.3 is 0 Å². The van der Waals surface area contributed by atoms with E-state index in [1.807, 2.05) is 13.8 Å². The van der Waals surface area contributed by atoms with Crippen LogP contribution in [0.3, 0.4) is 0 Å². The van der Waals surface area contributed by atoms with Gasteiger partial charge in [0.1, 0.15) is 0 Å². The molecule has 0 radical (unpaired) electrons. The molecule has 0 heterocycles. The normalized spacial score (nSPS) is 11.8. The number of benzene rings is 1. The predicted octanol–water partition coefficient (Wildman–Crippen LogP) is 2.71. The minimum atomic E-state index is -3.31. The van der Waals surface area contributed by atoms with Crippen molar-refractivity contribution in [3.05, 3.63) is 23.2 Å². The maximum absolute atomic E-state index is 11.7. The Kier molecular flexibility index (Phi) is 4.65. The molecule has 0 aliphatic carbocycles. The molecule has 1 aromatic carbocycles. The molecule has 17 heavy (non-hydrogen) atoms. The second kappa shape index (κ2) is 5.60. The largest absolute Gasteiger partial charge is 0.397 e. The van der Waals surface area contributed by atoms with Gasteiger partial charge in [0.25, 0.3) is 0 Å². The minimum Gasteiger partial charge on any atom is -0.397 e. The summed E-state index contributed by atoms with van der Waals surface area (Å²) < 4.78 is 25.9. The van der Waals surface area contributed by atoms with Crippen LogP contribution in [0.1, 0.15) is 20.3 Å². The van der Waals surface area contributed by atoms with Crippen LogP contribution in [-0.2, 0) is 10.0 Å². The molecule has 3 N–H and O–H groups in total. The molecule has 1 rings (SSSR count). The van der Waals surface area contributed by atoms with Crippen LogP contribution in [0.25, 0.3) is 0 Å². The molecule has 0 amide bonds. The van der Waals surface area contributed by atoms with E-state index < -0.39 is 10.0 Å². The molecule has 4 nitrogen and oxygen atoms in total. The minimum absolute atomic E-state index is 0.104. The van der Waals surface area contributed by atoms with Crippen molar-refractivity contribution in [1.82, 2.24) is 0 Å². The molecule has 0 aliphatic rings. The van der Waals surface area contributed by atoms with Crippen LogP contribution >= 0.6 is 11.6 Å². The first-order chi connectivity index (χ1) is 7.80. The van der Waals surface area contributed by atoms with E-state index in [0.29, 0.717) is 28.7 Å². The quantitative estimate of drug-likeness (QED) is 0.812. The van der Waals surface area contributed by atoms with Crippen LogP contribution in [0.2, 0.25) is 5.02 Å². The highest BCUT2D eigenvalue weighted by Crippen LogP contribution is 2.23. The van der Waals surface area contributed by atoms with Crippen molar-refractivity contribution < 1.29 is 8.42 Å². The van der Waals surface area contributed by atoms with Gasteiger partial charge in [-0.3, -0.25) is 4.72 Å². The number of hydrogen-bond acceptors (Lipinski definition) is 3. The molecule has 0 unspecified atom stereocenters. The number of rotatable bonds is 5. The SMILES string of the molecule is CC(C)CCS(=O)(=O)Nc1ccc(Cl)c(N)c1. The van der Waals surface area contributed by atoms with Gasteiger partial charge in [-0.15, -0.1) is 0 Å². The summed E-state index contributed by atoms with van der Waals surface area (Å²) in [6.45, 7) is 3.96. The summed E-state index contributed by atoms with van der Waals surface area (Å²) in [7, 11) is -3.31. The Balaban J connectivity index is 2.73. The third-order valence-corrected chi connectivity index (χ3v) is 3.90. The Morgan fingerprint density at radius 3 is 2.59 bits per heavy atom. The zero-order chi connectivity index (χ0) is 13.1. The fraction of sp³-hybridized carbons (Fsp3) is 0.455. The maximum Gasteiger partial charge on any atom is 0.232 e. The number of anilines is 2. The van der Waals surface area contributed by atoms with Gasteiger partial charge in [0, 0.05) is 0 Å². The third kappa shape index (κ3) is 4.83. The molecule has 0 atom stereocenters. The van der Waals surface area contributed by atoms with E-state index in [9.17, 15) is 8.42 Å². The fourth-order valence-corrected chi connectivity index (χ4v) is 2.72. The van der Waals surface area contributed by atoms with Crippen molar-refractivity contribution in [2.24, 2.45) is 5.92 Å². The first-order valence-corrected chi connectivity index (χ1v) is 7.39. The van der Waals surface area contributed by atoms with Crippen molar-refractivity contribution in [3.63, 3.8) is 0 Å². The van der Waals surface area contributed by atoms with E-state index in [1.54, 1.807) is 12.1 Å². The molecule has 0 fully saturated rings. The summed E-state index contributed by atoms with van der Waals surface area (Å²) in [5, 5.41) is 0.412. The molecule has 0 bridgehead atoms. The number of halogens is 1. The highest BCUT2D eigenvalue weighted by molar-refractivity contribution is 7.92. The number of sulfonamides is 1. The average Bonchev–Trinajstić information content (AvgIpc) is 2.21. The maximum atomic E-state index is 11.7. The lowest BCUT2D eigenvalue weighted by atomic mass is 10.2. The van der Waals surface area contributed by atoms with Gasteiger partial charge in [-0.05, 0) is 30.5 Å². The van der Waals surface area contributed by atoms with Crippen LogP contribution in [0.4, 0.5) is 11.4 Å². The van der Waals surface area contributed by atoms with Gasteiger partial charge in [-0.25, -0.2) is 8.42 Å². The van der Waals surface area contributed by atoms with Crippen LogP contribution in [0.15, 0.2) is 18.2 Å². The zero-order valence-corrected chi connectivity index (χ0v) is 11.5. The van der Waals surface area contributed by atoms with Crippen molar-refractivity contribution >= 4 is 33.0 Å². The molecule has 1 aromatic rings. The Morgan fingerprint density at radius 2 is 2.06 bits per heavy atom. The van der Waals surface area contributed by atoms with E-state index in [0.717, 1.165) is 0 Å². The number of nitrogens with one attached hydrogen (secondary N) is 1. The van der Waals surface area contributed by atoms with Crippen molar-refractivity contribution in [2.45, 2.75) is 20.3 Å². The fourth-order valence-electron chi connectivity index (χ4n) is 1.23. The van der Waals surface area contributed by atoms with E-state index in [1.165, 1.54) is 6.07 Å². The van der Waals surface area contributed by atoms with Gasteiger partial charge in [0.2, 0.25) is 10.0 Å². The van der Waals surface area contributed by atoms with E-state index in [4.69, 9.17) is 17.3 Å². The molecule has 0 spiro atoms. The van der Waals surface area contributed by atoms with Crippen LogP contribution in [0, 0.1) is 5.92 Å². The third-order valence-electron chi connectivity index (χ3n) is 2.23. The molecule has 0 aromatic heterocycles. The summed E-state index contributed by atoms with van der Waals surface area (Å²) in [4.78, 5) is 0. The number of nitrogen functional groups attached to an aromatic ring is 1. The lowest BCUT2D eigenvalue weighted by Crippen LogP contribution is -2.18. The van der Waals surface area contributed by atoms with E-state index in [2.05, 4.69) is 4.72 Å². The Bertz CT molecular complexity index is 486. The topological polar surface area (TPSA) is 72.2 Å². The van der Waals surface area contributed by atoms with E-state index in [-0.39, 0.29) is 5.75 Å². The second-order valence-electron chi connectivity index (χ2n) is 4.34. The van der Waals surface area contributed by atoms with Crippen molar-refractivity contribution in [2.75, 3.05) is 16.2 Å². The smallest absolute Gasteiger partial charge is 0.232 e. The summed E-state index contributed by atoms with van der Waals surface area (Å²) >= 11 is 5.75. The molecule has 0 saturated heterocycles. The summed E-state index contributed by atoms with van der Waals surface area (Å²) in [5.41, 5.74) is 6.39. The zero-order valence-electron chi connectivity index (χ0n) is 9.90. The van der Waals surface area contributed by atoms with Gasteiger partial charge in [0.15, 0.2) is 0 Å². The lowest BCUT2D eigenvalue weighted by molar-refractivity contribution is 0.578. The first-order valence-electron chi connectivity index (χ1n) is 5.35. The number of hydrogen-bond donors (Lipinski definition) is 2. The van der Waals surface area contributed by atoms with Crippen molar-refractivity contribution in [3.8, 4) is 0 Å². The predicted molar refractivity (Wildman–Crippen MR) is 72.7 cm³/mol. The van der Waals surface area contributed by atoms with Crippen LogP contribution in [0.5, 0.6) is 0 Å². The Hall–Kier alpha value is -0.940. The molecule has 0 aliphatic heterocycles. The van der Waals surface area contributed by atoms with E-state index >= 15 is 0 Å². The average molecular weight is 277 g/mol. The second-order valence-corrected chi connectivity index (χ2v) is 6.59. The Labute approximate surface area is 107 Å². The first kappa shape index (κ1) is 14.1. The van der Waals surface area contributed by atoms with Crippen LogP contribution in [-0.4, -0.2) is 14.2 Å².